The molecular weight excluding hydrogens is 424 g/mol. The van der Waals surface area contributed by atoms with Crippen molar-refractivity contribution in [2.24, 2.45) is 0 Å². The maximum absolute atomic E-state index is 12.9. The summed E-state index contributed by atoms with van der Waals surface area (Å²) in [5.74, 6) is 1.02. The number of ether oxygens (including phenoxy) is 3. The van der Waals surface area contributed by atoms with E-state index in [1.54, 1.807) is 6.20 Å². The molecule has 5 rings (SSSR count). The summed E-state index contributed by atoms with van der Waals surface area (Å²) in [6.45, 7) is 4.69. The molecule has 2 fully saturated rings. The molecule has 0 unspecified atom stereocenters. The summed E-state index contributed by atoms with van der Waals surface area (Å²) in [5.41, 5.74) is 2.56. The van der Waals surface area contributed by atoms with Crippen LogP contribution in [-0.4, -0.2) is 71.8 Å². The van der Waals surface area contributed by atoms with Crippen molar-refractivity contribution in [3.05, 3.63) is 39.6 Å². The molecule has 1 atom stereocenters. The molecule has 2 aliphatic rings. The van der Waals surface area contributed by atoms with E-state index >= 15 is 0 Å². The number of nitrogens with zero attached hydrogens (tertiary/aromatic N) is 3. The number of aromatic nitrogens is 3. The fourth-order valence-corrected chi connectivity index (χ4v) is 5.15. The molecular formula is C24H30N4O5. The van der Waals surface area contributed by atoms with Crippen LogP contribution in [0, 0.1) is 6.92 Å². The van der Waals surface area contributed by atoms with Gasteiger partial charge in [-0.1, -0.05) is 0 Å². The molecule has 1 aromatic carbocycles. The lowest BCUT2D eigenvalue weighted by molar-refractivity contribution is 0.0594. The molecule has 4 heterocycles. The Kier molecular flexibility index (Phi) is 5.84. The van der Waals surface area contributed by atoms with Crippen molar-refractivity contribution >= 4 is 22.5 Å². The minimum Gasteiger partial charge on any atom is -0.491 e. The molecule has 33 heavy (non-hydrogen) atoms. The summed E-state index contributed by atoms with van der Waals surface area (Å²) in [5, 5.41) is 0. The van der Waals surface area contributed by atoms with Crippen LogP contribution in [0.15, 0.2) is 17.1 Å². The first-order chi connectivity index (χ1) is 16.0. The van der Waals surface area contributed by atoms with Gasteiger partial charge in [0.25, 0.3) is 5.56 Å². The first kappa shape index (κ1) is 21.9. The third-order valence-electron chi connectivity index (χ3n) is 7.10. The highest BCUT2D eigenvalue weighted by Crippen LogP contribution is 2.33. The zero-order valence-electron chi connectivity index (χ0n) is 19.3. The van der Waals surface area contributed by atoms with Crippen molar-refractivity contribution in [3.8, 4) is 5.75 Å². The van der Waals surface area contributed by atoms with E-state index in [1.165, 1.54) is 7.11 Å². The molecule has 2 aliphatic heterocycles. The van der Waals surface area contributed by atoms with Crippen LogP contribution in [-0.2, 0) is 9.47 Å². The average Bonchev–Trinajstić information content (AvgIpc) is 3.45. The Labute approximate surface area is 191 Å². The van der Waals surface area contributed by atoms with Gasteiger partial charge in [-0.05, 0) is 51.8 Å². The number of H-pyrrole nitrogens is 1. The summed E-state index contributed by atoms with van der Waals surface area (Å²) < 4.78 is 18.8. The minimum atomic E-state index is -0.486. The van der Waals surface area contributed by atoms with Crippen LogP contribution >= 0.6 is 0 Å². The molecule has 0 spiro atoms. The molecule has 9 heteroatoms. The summed E-state index contributed by atoms with van der Waals surface area (Å²) in [4.78, 5) is 35.5. The highest BCUT2D eigenvalue weighted by atomic mass is 16.5. The van der Waals surface area contributed by atoms with Gasteiger partial charge in [0.05, 0.1) is 24.3 Å². The second-order valence-corrected chi connectivity index (χ2v) is 9.03. The number of imidazole rings is 1. The van der Waals surface area contributed by atoms with Crippen LogP contribution in [0.1, 0.15) is 53.3 Å². The Hall–Kier alpha value is -2.91. The SMILES string of the molecule is COC(=O)c1c(OC[C@@H]2CCCN2C)cc2c([nH]c(=O)c3cnc(C4CCOCC4)n32)c1C. The summed E-state index contributed by atoms with van der Waals surface area (Å²) in [6.07, 6.45) is 5.52. The highest BCUT2D eigenvalue weighted by Gasteiger charge is 2.27. The van der Waals surface area contributed by atoms with Crippen LogP contribution in [0.5, 0.6) is 5.75 Å². The lowest BCUT2D eigenvalue weighted by Gasteiger charge is -2.23. The average molecular weight is 455 g/mol. The Morgan fingerprint density at radius 3 is 2.76 bits per heavy atom. The normalized spacial score (nSPS) is 20.0. The van der Waals surface area contributed by atoms with Crippen LogP contribution in [0.2, 0.25) is 0 Å². The predicted octanol–water partition coefficient (Wildman–Crippen LogP) is 2.64. The number of carbonyl (C=O) groups excluding carboxylic acids is 1. The van der Waals surface area contributed by atoms with Crippen molar-refractivity contribution in [2.45, 2.75) is 44.6 Å². The van der Waals surface area contributed by atoms with Crippen molar-refractivity contribution in [3.63, 3.8) is 0 Å². The largest absolute Gasteiger partial charge is 0.491 e. The Balaban J connectivity index is 1.69. The van der Waals surface area contributed by atoms with Crippen molar-refractivity contribution in [1.82, 2.24) is 19.3 Å². The fourth-order valence-electron chi connectivity index (χ4n) is 5.15. The van der Waals surface area contributed by atoms with E-state index < -0.39 is 5.97 Å². The molecule has 0 aliphatic carbocycles. The molecule has 1 N–H and O–H groups in total. The van der Waals surface area contributed by atoms with E-state index in [0.29, 0.717) is 53.8 Å². The molecule has 2 saturated heterocycles. The summed E-state index contributed by atoms with van der Waals surface area (Å²) in [6, 6.07) is 2.14. The number of nitrogens with one attached hydrogen (secondary N) is 1. The topological polar surface area (TPSA) is 98.2 Å². The zero-order chi connectivity index (χ0) is 23.1. The number of hydrogen-bond donors (Lipinski definition) is 1. The Morgan fingerprint density at radius 2 is 2.06 bits per heavy atom. The quantitative estimate of drug-likeness (QED) is 0.592. The number of benzene rings is 1. The molecule has 176 valence electrons. The molecule has 0 bridgehead atoms. The van der Waals surface area contributed by atoms with Gasteiger partial charge in [-0.25, -0.2) is 9.78 Å². The van der Waals surface area contributed by atoms with E-state index in [1.807, 2.05) is 17.4 Å². The van der Waals surface area contributed by atoms with Gasteiger partial charge >= 0.3 is 5.97 Å². The van der Waals surface area contributed by atoms with Crippen molar-refractivity contribution in [2.75, 3.05) is 40.5 Å². The van der Waals surface area contributed by atoms with E-state index in [2.05, 4.69) is 21.9 Å². The summed E-state index contributed by atoms with van der Waals surface area (Å²) in [7, 11) is 3.44. The third-order valence-corrected chi connectivity index (χ3v) is 7.10. The van der Waals surface area contributed by atoms with Gasteiger partial charge in [-0.15, -0.1) is 0 Å². The van der Waals surface area contributed by atoms with Crippen molar-refractivity contribution in [1.29, 1.82) is 0 Å². The van der Waals surface area contributed by atoms with Crippen LogP contribution in [0.25, 0.3) is 16.6 Å². The number of likely N-dealkylation sites (N-methyl/N-ethyl adjacent to an activating group) is 1. The van der Waals surface area contributed by atoms with Gasteiger partial charge in [0.2, 0.25) is 0 Å². The van der Waals surface area contributed by atoms with Gasteiger partial charge in [0.15, 0.2) is 0 Å². The standard InChI is InChI=1S/C24H30N4O5/c1-14-20(24(30)31-3)19(33-13-16-5-4-8-27(16)2)11-17-21(14)26-23(29)18-12-25-22(28(17)18)15-6-9-32-10-7-15/h11-12,15-16H,4-10,13H2,1-3H3,(H,26,29)/t16-/m0/s1. The van der Waals surface area contributed by atoms with Crippen molar-refractivity contribution < 1.29 is 19.0 Å². The molecule has 3 aromatic rings. The van der Waals surface area contributed by atoms with E-state index in [9.17, 15) is 9.59 Å². The maximum atomic E-state index is 12.9. The number of rotatable bonds is 5. The Bertz CT molecular complexity index is 1260. The first-order valence-corrected chi connectivity index (χ1v) is 11.6. The number of methoxy groups -OCH3 is 1. The number of likely N-dealkylation sites (tertiary alicyclic amines) is 1. The fraction of sp³-hybridized carbons (Fsp3) is 0.542. The number of hydrogen-bond acceptors (Lipinski definition) is 7. The lowest BCUT2D eigenvalue weighted by atomic mass is 9.99. The van der Waals surface area contributed by atoms with Gasteiger partial charge in [-0.2, -0.15) is 0 Å². The van der Waals surface area contributed by atoms with Gasteiger partial charge in [0.1, 0.15) is 29.3 Å². The summed E-state index contributed by atoms with van der Waals surface area (Å²) >= 11 is 0. The van der Waals surface area contributed by atoms with E-state index in [-0.39, 0.29) is 11.5 Å². The van der Waals surface area contributed by atoms with Crippen LogP contribution < -0.4 is 10.3 Å². The molecule has 0 saturated carbocycles. The van der Waals surface area contributed by atoms with Crippen LogP contribution in [0.3, 0.4) is 0 Å². The second-order valence-electron chi connectivity index (χ2n) is 9.03. The predicted molar refractivity (Wildman–Crippen MR) is 123 cm³/mol. The molecule has 0 radical (unpaired) electrons. The lowest BCUT2D eigenvalue weighted by Crippen LogP contribution is -2.31. The minimum absolute atomic E-state index is 0.198. The monoisotopic (exact) mass is 454 g/mol. The third kappa shape index (κ3) is 3.79. The van der Waals surface area contributed by atoms with Gasteiger partial charge in [-0.3, -0.25) is 9.20 Å². The highest BCUT2D eigenvalue weighted by molar-refractivity contribution is 6.00. The van der Waals surface area contributed by atoms with Crippen LogP contribution in [0.4, 0.5) is 0 Å². The van der Waals surface area contributed by atoms with Gasteiger partial charge in [0, 0.05) is 31.2 Å². The molecule has 0 amide bonds. The number of carbonyl (C=O) groups is 1. The Morgan fingerprint density at radius 1 is 1.27 bits per heavy atom. The molecule has 9 nitrogen and oxygen atoms in total. The number of esters is 1. The number of fused-ring (bicyclic) bond motifs is 3. The number of aromatic amines is 1. The second kappa shape index (κ2) is 8.79. The van der Waals surface area contributed by atoms with E-state index in [0.717, 1.165) is 43.6 Å². The first-order valence-electron chi connectivity index (χ1n) is 11.6. The van der Waals surface area contributed by atoms with E-state index in [4.69, 9.17) is 14.2 Å². The zero-order valence-corrected chi connectivity index (χ0v) is 19.3. The molecule has 2 aromatic heterocycles. The van der Waals surface area contributed by atoms with Gasteiger partial charge < -0.3 is 24.1 Å². The maximum Gasteiger partial charge on any atom is 0.341 e. The smallest absolute Gasteiger partial charge is 0.341 e. The number of aryl methyl sites for hydroxylation is 1.